The van der Waals surface area contributed by atoms with Crippen molar-refractivity contribution in [1.82, 2.24) is 5.32 Å². The summed E-state index contributed by atoms with van der Waals surface area (Å²) >= 11 is 6.15. The highest BCUT2D eigenvalue weighted by atomic mass is 35.5. The molecule has 1 N–H and O–H groups in total. The van der Waals surface area contributed by atoms with Crippen LogP contribution in [0, 0.1) is 11.6 Å². The van der Waals surface area contributed by atoms with Crippen molar-refractivity contribution in [1.29, 1.82) is 0 Å². The van der Waals surface area contributed by atoms with Crippen molar-refractivity contribution < 1.29 is 23.0 Å². The van der Waals surface area contributed by atoms with Crippen molar-refractivity contribution in [2.24, 2.45) is 0 Å². The number of ether oxygens (including phenoxy) is 2. The largest absolute Gasteiger partial charge is 0.486 e. The van der Waals surface area contributed by atoms with Crippen LogP contribution in [0.25, 0.3) is 6.08 Å². The number of rotatable bonds is 4. The van der Waals surface area contributed by atoms with E-state index in [2.05, 4.69) is 5.32 Å². The molecule has 2 aromatic rings. The fraction of sp³-hybridized carbons (Fsp3) is 0.211. The summed E-state index contributed by atoms with van der Waals surface area (Å²) in [5.74, 6) is -0.793. The Morgan fingerprint density at radius 2 is 2.00 bits per heavy atom. The maximum Gasteiger partial charge on any atom is 0.244 e. The van der Waals surface area contributed by atoms with Crippen molar-refractivity contribution in [2.75, 3.05) is 13.2 Å². The Kier molecular flexibility index (Phi) is 5.42. The lowest BCUT2D eigenvalue weighted by molar-refractivity contribution is -0.117. The number of fused-ring (bicyclic) bond motifs is 1. The third-order valence-electron chi connectivity index (χ3n) is 3.83. The summed E-state index contributed by atoms with van der Waals surface area (Å²) in [6, 6.07) is 5.99. The van der Waals surface area contributed by atoms with E-state index >= 15 is 0 Å². The van der Waals surface area contributed by atoms with Crippen molar-refractivity contribution in [3.8, 4) is 11.5 Å². The molecule has 0 unspecified atom stereocenters. The number of hydrogen-bond acceptors (Lipinski definition) is 3. The van der Waals surface area contributed by atoms with Gasteiger partial charge in [0.2, 0.25) is 5.91 Å². The highest BCUT2D eigenvalue weighted by Crippen LogP contribution is 2.38. The van der Waals surface area contributed by atoms with Gasteiger partial charge in [-0.25, -0.2) is 8.78 Å². The van der Waals surface area contributed by atoms with Gasteiger partial charge in [-0.3, -0.25) is 4.79 Å². The average molecular weight is 380 g/mol. The molecule has 0 radical (unpaired) electrons. The summed E-state index contributed by atoms with van der Waals surface area (Å²) in [6.45, 7) is 2.48. The fourth-order valence-corrected chi connectivity index (χ4v) is 2.86. The Balaban J connectivity index is 1.68. The van der Waals surface area contributed by atoms with Gasteiger partial charge in [0.25, 0.3) is 0 Å². The van der Waals surface area contributed by atoms with Gasteiger partial charge in [0.1, 0.15) is 24.8 Å². The monoisotopic (exact) mass is 379 g/mol. The zero-order valence-corrected chi connectivity index (χ0v) is 14.6. The predicted molar refractivity (Wildman–Crippen MR) is 94.4 cm³/mol. The highest BCUT2D eigenvalue weighted by Gasteiger charge is 2.16. The average Bonchev–Trinajstić information content (AvgIpc) is 2.60. The van der Waals surface area contributed by atoms with Crippen LogP contribution in [-0.2, 0) is 4.79 Å². The van der Waals surface area contributed by atoms with Gasteiger partial charge in [-0.15, -0.1) is 0 Å². The molecular weight excluding hydrogens is 364 g/mol. The van der Waals surface area contributed by atoms with Gasteiger partial charge < -0.3 is 14.8 Å². The lowest BCUT2D eigenvalue weighted by Gasteiger charge is -2.19. The van der Waals surface area contributed by atoms with Crippen LogP contribution in [0.1, 0.15) is 24.1 Å². The van der Waals surface area contributed by atoms with Gasteiger partial charge in [0.15, 0.2) is 11.5 Å². The first-order valence-electron chi connectivity index (χ1n) is 7.96. The number of carbonyl (C=O) groups is 1. The molecule has 1 heterocycles. The molecule has 136 valence electrons. The van der Waals surface area contributed by atoms with Crippen LogP contribution in [0.4, 0.5) is 8.78 Å². The molecule has 0 aliphatic carbocycles. The van der Waals surface area contributed by atoms with E-state index in [4.69, 9.17) is 21.1 Å². The Hall–Kier alpha value is -2.60. The van der Waals surface area contributed by atoms with Crippen molar-refractivity contribution in [3.05, 3.63) is 64.2 Å². The zero-order valence-electron chi connectivity index (χ0n) is 13.9. The van der Waals surface area contributed by atoms with Crippen LogP contribution in [0.15, 0.2) is 36.4 Å². The van der Waals surface area contributed by atoms with Crippen LogP contribution < -0.4 is 14.8 Å². The Morgan fingerprint density at radius 3 is 2.77 bits per heavy atom. The lowest BCUT2D eigenvalue weighted by atomic mass is 10.1. The number of amides is 1. The topological polar surface area (TPSA) is 47.6 Å². The van der Waals surface area contributed by atoms with Gasteiger partial charge >= 0.3 is 0 Å². The second kappa shape index (κ2) is 7.74. The Labute approximate surface area is 154 Å². The fourth-order valence-electron chi connectivity index (χ4n) is 2.59. The summed E-state index contributed by atoms with van der Waals surface area (Å²) in [6.07, 6.45) is 2.87. The standard InChI is InChI=1S/C19H16ClF2NO3/c1-11(14-4-3-13(21)10-16(14)22)23-18(24)5-2-12-8-15(20)19-17(9-12)25-6-7-26-19/h2-5,8-11H,6-7H2,1H3,(H,23,24)/b5-2+/t11-/m1/s1. The summed E-state index contributed by atoms with van der Waals surface area (Å²) in [7, 11) is 0. The maximum atomic E-state index is 13.8. The van der Waals surface area contributed by atoms with Gasteiger partial charge in [0.05, 0.1) is 11.1 Å². The smallest absolute Gasteiger partial charge is 0.244 e. The summed E-state index contributed by atoms with van der Waals surface area (Å²) in [5.41, 5.74) is 0.866. The number of benzene rings is 2. The zero-order chi connectivity index (χ0) is 18.7. The lowest BCUT2D eigenvalue weighted by Crippen LogP contribution is -2.25. The highest BCUT2D eigenvalue weighted by molar-refractivity contribution is 6.32. The van der Waals surface area contributed by atoms with Crippen LogP contribution in [0.5, 0.6) is 11.5 Å². The van der Waals surface area contributed by atoms with Crippen molar-refractivity contribution in [3.63, 3.8) is 0 Å². The first-order valence-corrected chi connectivity index (χ1v) is 8.34. The van der Waals surface area contributed by atoms with E-state index in [1.165, 1.54) is 12.1 Å². The molecule has 1 aliphatic rings. The minimum atomic E-state index is -0.708. The van der Waals surface area contributed by atoms with Gasteiger partial charge in [-0.1, -0.05) is 17.7 Å². The molecule has 1 aliphatic heterocycles. The van der Waals surface area contributed by atoms with Crippen LogP contribution in [0.2, 0.25) is 5.02 Å². The summed E-state index contributed by atoms with van der Waals surface area (Å²) in [4.78, 5) is 12.1. The third-order valence-corrected chi connectivity index (χ3v) is 4.11. The normalized spacial score (nSPS) is 14.3. The van der Waals surface area contributed by atoms with E-state index in [-0.39, 0.29) is 5.56 Å². The van der Waals surface area contributed by atoms with E-state index in [1.807, 2.05) is 0 Å². The SMILES string of the molecule is C[C@@H](NC(=O)/C=C/c1cc(Cl)c2c(c1)OCCO2)c1ccc(F)cc1F. The summed E-state index contributed by atoms with van der Waals surface area (Å²) < 4.78 is 37.6. The number of nitrogens with one attached hydrogen (secondary N) is 1. The van der Waals surface area contributed by atoms with E-state index in [9.17, 15) is 13.6 Å². The molecule has 1 amide bonds. The van der Waals surface area contributed by atoms with Crippen molar-refractivity contribution in [2.45, 2.75) is 13.0 Å². The molecule has 7 heteroatoms. The van der Waals surface area contributed by atoms with Crippen molar-refractivity contribution >= 4 is 23.6 Å². The molecule has 0 aromatic heterocycles. The van der Waals surface area contributed by atoms with Gasteiger partial charge in [0, 0.05) is 17.7 Å². The number of hydrogen-bond donors (Lipinski definition) is 1. The molecule has 0 saturated heterocycles. The molecule has 1 atom stereocenters. The van der Waals surface area contributed by atoms with Gasteiger partial charge in [-0.2, -0.15) is 0 Å². The van der Waals surface area contributed by atoms with E-state index in [0.717, 1.165) is 12.1 Å². The molecule has 3 rings (SSSR count). The first kappa shape index (κ1) is 18.2. The van der Waals surface area contributed by atoms with E-state index in [1.54, 1.807) is 25.1 Å². The minimum Gasteiger partial charge on any atom is -0.486 e. The van der Waals surface area contributed by atoms with E-state index in [0.29, 0.717) is 35.3 Å². The molecule has 0 saturated carbocycles. The molecule has 0 bridgehead atoms. The number of halogens is 3. The first-order chi connectivity index (χ1) is 12.4. The Morgan fingerprint density at radius 1 is 1.23 bits per heavy atom. The third kappa shape index (κ3) is 4.14. The molecule has 0 spiro atoms. The molecule has 2 aromatic carbocycles. The molecule has 4 nitrogen and oxygen atoms in total. The second-order valence-electron chi connectivity index (χ2n) is 5.76. The predicted octanol–water partition coefficient (Wildman–Crippen LogP) is 4.28. The van der Waals surface area contributed by atoms with Crippen LogP contribution in [-0.4, -0.2) is 19.1 Å². The summed E-state index contributed by atoms with van der Waals surface area (Å²) in [5, 5.41) is 3.02. The molecule has 26 heavy (non-hydrogen) atoms. The second-order valence-corrected chi connectivity index (χ2v) is 6.16. The van der Waals surface area contributed by atoms with Crippen LogP contribution >= 0.6 is 11.6 Å². The Bertz CT molecular complexity index is 870. The minimum absolute atomic E-state index is 0.204. The van der Waals surface area contributed by atoms with E-state index < -0.39 is 23.6 Å². The quantitative estimate of drug-likeness (QED) is 0.806. The molecule has 0 fully saturated rings. The number of carbonyl (C=O) groups excluding carboxylic acids is 1. The molecular formula is C19H16ClF2NO3. The van der Waals surface area contributed by atoms with Crippen LogP contribution in [0.3, 0.4) is 0 Å². The maximum absolute atomic E-state index is 13.8. The van der Waals surface area contributed by atoms with Gasteiger partial charge in [-0.05, 0) is 36.8 Å².